The second kappa shape index (κ2) is 9.69. The molecule has 0 fully saturated rings. The number of amides is 1. The second-order valence-corrected chi connectivity index (χ2v) is 9.42. The first kappa shape index (κ1) is 23.3. The number of carbonyl (C=O) groups is 1. The van der Waals surface area contributed by atoms with Crippen LogP contribution in [0.15, 0.2) is 36.4 Å². The Labute approximate surface area is 181 Å². The van der Waals surface area contributed by atoms with Crippen LogP contribution in [0, 0.1) is 13.8 Å². The summed E-state index contributed by atoms with van der Waals surface area (Å²) in [6.45, 7) is 5.91. The van der Waals surface area contributed by atoms with Crippen LogP contribution in [0.4, 0.5) is 5.69 Å². The number of benzene rings is 2. The van der Waals surface area contributed by atoms with Crippen molar-refractivity contribution in [1.29, 1.82) is 0 Å². The van der Waals surface area contributed by atoms with E-state index in [1.165, 1.54) is 25.1 Å². The first-order valence-electron chi connectivity index (χ1n) is 8.93. The van der Waals surface area contributed by atoms with Crippen LogP contribution >= 0.6 is 23.2 Å². The predicted molar refractivity (Wildman–Crippen MR) is 118 cm³/mol. The van der Waals surface area contributed by atoms with Gasteiger partial charge in [0.15, 0.2) is 0 Å². The van der Waals surface area contributed by atoms with Gasteiger partial charge in [0.2, 0.25) is 15.9 Å². The second-order valence-electron chi connectivity index (χ2n) is 6.74. The normalized spacial score (nSPS) is 12.3. The zero-order valence-electron chi connectivity index (χ0n) is 16.7. The number of aryl methyl sites for hydroxylation is 2. The summed E-state index contributed by atoms with van der Waals surface area (Å²) in [6.07, 6.45) is 1.03. The average Bonchev–Trinajstić information content (AvgIpc) is 2.63. The minimum absolute atomic E-state index is 0.201. The average molecular weight is 459 g/mol. The molecule has 0 aliphatic carbocycles. The van der Waals surface area contributed by atoms with Crippen LogP contribution in [-0.4, -0.2) is 39.8 Å². The van der Waals surface area contributed by atoms with E-state index < -0.39 is 22.0 Å². The molecule has 2 rings (SSSR count). The largest absolute Gasteiger partial charge is 0.491 e. The van der Waals surface area contributed by atoms with E-state index in [9.17, 15) is 13.2 Å². The van der Waals surface area contributed by atoms with Gasteiger partial charge >= 0.3 is 0 Å². The van der Waals surface area contributed by atoms with Crippen molar-refractivity contribution in [2.24, 2.45) is 0 Å². The molecule has 6 nitrogen and oxygen atoms in total. The van der Waals surface area contributed by atoms with Gasteiger partial charge in [0.1, 0.15) is 18.4 Å². The Morgan fingerprint density at radius 2 is 1.83 bits per heavy atom. The molecule has 0 unspecified atom stereocenters. The molecule has 0 saturated heterocycles. The Morgan fingerprint density at radius 3 is 2.45 bits per heavy atom. The van der Waals surface area contributed by atoms with E-state index in [-0.39, 0.29) is 23.9 Å². The van der Waals surface area contributed by atoms with Gasteiger partial charge < -0.3 is 10.1 Å². The van der Waals surface area contributed by atoms with Gasteiger partial charge in [0.25, 0.3) is 0 Å². The topological polar surface area (TPSA) is 75.7 Å². The fourth-order valence-corrected chi connectivity index (χ4v) is 4.24. The van der Waals surface area contributed by atoms with Gasteiger partial charge in [0.05, 0.1) is 28.5 Å². The Bertz CT molecular complexity index is 996. The molecule has 0 aliphatic heterocycles. The molecule has 0 heterocycles. The number of sulfonamides is 1. The van der Waals surface area contributed by atoms with Crippen molar-refractivity contribution in [3.05, 3.63) is 57.6 Å². The van der Waals surface area contributed by atoms with E-state index in [0.29, 0.717) is 5.02 Å². The molecular weight excluding hydrogens is 435 g/mol. The van der Waals surface area contributed by atoms with Crippen molar-refractivity contribution in [3.8, 4) is 5.75 Å². The monoisotopic (exact) mass is 458 g/mol. The molecular formula is C20H24Cl2N2O4S. The molecule has 0 aromatic heterocycles. The van der Waals surface area contributed by atoms with E-state index >= 15 is 0 Å². The standard InChI is InChI=1S/C20H24Cl2N2O4S/c1-13-5-6-14(2)19(11-13)28-10-9-23-20(25)15(3)24(29(4,26)27)16-7-8-17(21)18(22)12-16/h5-8,11-12,15H,9-10H2,1-4H3,(H,23,25)/t15-/m0/s1. The van der Waals surface area contributed by atoms with Crippen molar-refractivity contribution >= 4 is 44.8 Å². The molecule has 0 spiro atoms. The lowest BCUT2D eigenvalue weighted by Gasteiger charge is -2.28. The molecule has 0 bridgehead atoms. The molecule has 2 aromatic carbocycles. The number of hydrogen-bond acceptors (Lipinski definition) is 4. The first-order chi connectivity index (χ1) is 13.5. The van der Waals surface area contributed by atoms with E-state index in [1.807, 2.05) is 32.0 Å². The van der Waals surface area contributed by atoms with E-state index in [2.05, 4.69) is 5.32 Å². The van der Waals surface area contributed by atoms with Crippen LogP contribution in [-0.2, 0) is 14.8 Å². The maximum atomic E-state index is 12.6. The molecule has 9 heteroatoms. The fourth-order valence-electron chi connectivity index (χ4n) is 2.78. The van der Waals surface area contributed by atoms with E-state index in [0.717, 1.165) is 27.4 Å². The number of hydrogen-bond donors (Lipinski definition) is 1. The van der Waals surface area contributed by atoms with Crippen molar-refractivity contribution in [1.82, 2.24) is 5.32 Å². The van der Waals surface area contributed by atoms with E-state index in [1.54, 1.807) is 0 Å². The number of nitrogens with zero attached hydrogens (tertiary/aromatic N) is 1. The van der Waals surface area contributed by atoms with Gasteiger partial charge in [0, 0.05) is 0 Å². The lowest BCUT2D eigenvalue weighted by Crippen LogP contribution is -2.48. The number of rotatable bonds is 8. The summed E-state index contributed by atoms with van der Waals surface area (Å²) in [4.78, 5) is 12.6. The highest BCUT2D eigenvalue weighted by Gasteiger charge is 2.29. The maximum absolute atomic E-state index is 12.6. The summed E-state index contributed by atoms with van der Waals surface area (Å²) < 4.78 is 31.3. The highest BCUT2D eigenvalue weighted by Crippen LogP contribution is 2.29. The molecule has 0 saturated carbocycles. The quantitative estimate of drug-likeness (QED) is 0.607. The molecule has 2 aromatic rings. The SMILES string of the molecule is Cc1ccc(C)c(OCCNC(=O)[C@H](C)N(c2ccc(Cl)c(Cl)c2)S(C)(=O)=O)c1. The van der Waals surface area contributed by atoms with Crippen LogP contribution in [0.1, 0.15) is 18.1 Å². The summed E-state index contributed by atoms with van der Waals surface area (Å²) in [5.41, 5.74) is 2.34. The number of nitrogens with one attached hydrogen (secondary N) is 1. The Kier molecular flexibility index (Phi) is 7.80. The minimum Gasteiger partial charge on any atom is -0.491 e. The van der Waals surface area contributed by atoms with Gasteiger partial charge in [-0.15, -0.1) is 0 Å². The zero-order chi connectivity index (χ0) is 21.8. The summed E-state index contributed by atoms with van der Waals surface area (Å²) in [6, 6.07) is 9.31. The van der Waals surface area contributed by atoms with Crippen LogP contribution in [0.25, 0.3) is 0 Å². The summed E-state index contributed by atoms with van der Waals surface area (Å²) in [5.74, 6) is 0.298. The van der Waals surface area contributed by atoms with Crippen molar-refractivity contribution in [2.75, 3.05) is 23.7 Å². The smallest absolute Gasteiger partial charge is 0.243 e. The van der Waals surface area contributed by atoms with Crippen LogP contribution in [0.5, 0.6) is 5.75 Å². The molecule has 1 N–H and O–H groups in total. The van der Waals surface area contributed by atoms with Crippen LogP contribution in [0.3, 0.4) is 0 Å². The molecule has 0 radical (unpaired) electrons. The van der Waals surface area contributed by atoms with Gasteiger partial charge in [-0.25, -0.2) is 8.42 Å². The third-order valence-electron chi connectivity index (χ3n) is 4.25. The third-order valence-corrected chi connectivity index (χ3v) is 6.23. The van der Waals surface area contributed by atoms with Gasteiger partial charge in [-0.2, -0.15) is 0 Å². The highest BCUT2D eigenvalue weighted by atomic mass is 35.5. The molecule has 0 aliphatic rings. The first-order valence-corrected chi connectivity index (χ1v) is 11.5. The van der Waals surface area contributed by atoms with Crippen LogP contribution in [0.2, 0.25) is 10.0 Å². The third kappa shape index (κ3) is 6.26. The number of halogens is 2. The lowest BCUT2D eigenvalue weighted by molar-refractivity contribution is -0.121. The van der Waals surface area contributed by atoms with Crippen LogP contribution < -0.4 is 14.4 Å². The molecule has 1 atom stereocenters. The summed E-state index contributed by atoms with van der Waals surface area (Å²) >= 11 is 11.9. The number of carbonyl (C=O) groups excluding carboxylic acids is 1. The van der Waals surface area contributed by atoms with E-state index in [4.69, 9.17) is 27.9 Å². The Hall–Kier alpha value is -1.96. The summed E-state index contributed by atoms with van der Waals surface area (Å²) in [7, 11) is -3.74. The molecule has 1 amide bonds. The van der Waals surface area contributed by atoms with Gasteiger partial charge in [-0.05, 0) is 56.2 Å². The maximum Gasteiger partial charge on any atom is 0.243 e. The predicted octanol–water partition coefficient (Wildman–Crippen LogP) is 3.96. The van der Waals surface area contributed by atoms with Gasteiger partial charge in [-0.3, -0.25) is 9.10 Å². The van der Waals surface area contributed by atoms with Gasteiger partial charge in [-0.1, -0.05) is 35.3 Å². The lowest BCUT2D eigenvalue weighted by atomic mass is 10.1. The van der Waals surface area contributed by atoms with Crippen molar-refractivity contribution in [2.45, 2.75) is 26.8 Å². The highest BCUT2D eigenvalue weighted by molar-refractivity contribution is 7.92. The number of ether oxygens (including phenoxy) is 1. The fraction of sp³-hybridized carbons (Fsp3) is 0.350. The Balaban J connectivity index is 2.03. The molecule has 29 heavy (non-hydrogen) atoms. The minimum atomic E-state index is -3.74. The van der Waals surface area contributed by atoms with Crippen molar-refractivity contribution in [3.63, 3.8) is 0 Å². The molecule has 158 valence electrons. The zero-order valence-corrected chi connectivity index (χ0v) is 19.0. The Morgan fingerprint density at radius 1 is 1.14 bits per heavy atom. The summed E-state index contributed by atoms with van der Waals surface area (Å²) in [5, 5.41) is 3.20. The van der Waals surface area contributed by atoms with Crippen molar-refractivity contribution < 1.29 is 17.9 Å². The number of anilines is 1.